The van der Waals surface area contributed by atoms with E-state index in [9.17, 15) is 0 Å². The number of hydrogen-bond donors (Lipinski definition) is 0. The maximum Gasteiger partial charge on any atom is 0.137 e. The SMILES string of the molecule is CC1(C2=CC=CCC2)c2ccccc2-c2ccc(N(c3ccc4c(c3)oc3ccccc34)c3ccccc3C34c5ccccc5-c5cccc(c53)-c3ccccc34)cc21. The Morgan fingerprint density at radius 2 is 1.05 bits per heavy atom. The van der Waals surface area contributed by atoms with E-state index >= 15 is 0 Å². The number of para-hydroxylation sites is 2. The monoisotopic (exact) mass is 753 g/mol. The molecule has 0 radical (unpaired) electrons. The predicted molar refractivity (Wildman–Crippen MR) is 243 cm³/mol. The second-order valence-electron chi connectivity index (χ2n) is 16.8. The molecular weight excluding hydrogens is 715 g/mol. The minimum absolute atomic E-state index is 0.262. The van der Waals surface area contributed by atoms with Crippen LogP contribution in [0.4, 0.5) is 17.1 Å². The van der Waals surface area contributed by atoms with Crippen molar-refractivity contribution in [2.45, 2.75) is 30.6 Å². The van der Waals surface area contributed by atoms with Crippen LogP contribution in [-0.4, -0.2) is 0 Å². The van der Waals surface area contributed by atoms with Gasteiger partial charge < -0.3 is 9.32 Å². The Labute approximate surface area is 344 Å². The first kappa shape index (κ1) is 32.9. The van der Waals surface area contributed by atoms with E-state index in [4.69, 9.17) is 4.42 Å². The molecule has 13 rings (SSSR count). The Morgan fingerprint density at radius 3 is 1.80 bits per heavy atom. The molecular formula is C57H39NO. The zero-order valence-corrected chi connectivity index (χ0v) is 32.7. The van der Waals surface area contributed by atoms with Gasteiger partial charge in [-0.3, -0.25) is 0 Å². The van der Waals surface area contributed by atoms with E-state index < -0.39 is 5.41 Å². The summed E-state index contributed by atoms with van der Waals surface area (Å²) < 4.78 is 6.62. The largest absolute Gasteiger partial charge is 0.456 e. The lowest BCUT2D eigenvalue weighted by Crippen LogP contribution is -2.29. The summed E-state index contributed by atoms with van der Waals surface area (Å²) in [6.45, 7) is 2.45. The van der Waals surface area contributed by atoms with Gasteiger partial charge in [0.2, 0.25) is 0 Å². The lowest BCUT2D eigenvalue weighted by Gasteiger charge is -2.37. The average molecular weight is 754 g/mol. The fourth-order valence-electron chi connectivity index (χ4n) is 11.6. The van der Waals surface area contributed by atoms with E-state index in [1.165, 1.54) is 72.3 Å². The van der Waals surface area contributed by atoms with Crippen molar-refractivity contribution < 1.29 is 4.42 Å². The van der Waals surface area contributed by atoms with Gasteiger partial charge in [0.25, 0.3) is 0 Å². The maximum atomic E-state index is 6.62. The van der Waals surface area contributed by atoms with Crippen molar-refractivity contribution in [3.8, 4) is 33.4 Å². The van der Waals surface area contributed by atoms with Gasteiger partial charge in [0.15, 0.2) is 0 Å². The number of fused-ring (bicyclic) bond motifs is 12. The molecule has 1 aromatic heterocycles. The van der Waals surface area contributed by atoms with Gasteiger partial charge in [0.05, 0.1) is 11.1 Å². The van der Waals surface area contributed by atoms with Crippen LogP contribution in [0.2, 0.25) is 0 Å². The van der Waals surface area contributed by atoms with Gasteiger partial charge in [-0.15, -0.1) is 0 Å². The van der Waals surface area contributed by atoms with Crippen LogP contribution in [0.15, 0.2) is 204 Å². The first-order valence-electron chi connectivity index (χ1n) is 20.9. The summed E-state index contributed by atoms with van der Waals surface area (Å²) in [5.74, 6) is 0. The van der Waals surface area contributed by atoms with E-state index in [0.717, 1.165) is 51.8 Å². The quantitative estimate of drug-likeness (QED) is 0.174. The normalized spacial score (nSPS) is 17.3. The summed E-state index contributed by atoms with van der Waals surface area (Å²) in [4.78, 5) is 2.51. The molecule has 8 aromatic carbocycles. The highest BCUT2D eigenvalue weighted by Crippen LogP contribution is 2.66. The molecule has 1 unspecified atom stereocenters. The third-order valence-electron chi connectivity index (χ3n) is 14.1. The Morgan fingerprint density at radius 1 is 0.475 bits per heavy atom. The number of hydrogen-bond acceptors (Lipinski definition) is 2. The van der Waals surface area contributed by atoms with E-state index in [-0.39, 0.29) is 5.41 Å². The van der Waals surface area contributed by atoms with Crippen molar-refractivity contribution in [3.05, 3.63) is 233 Å². The average Bonchev–Trinajstić information content (AvgIpc) is 4.00. The van der Waals surface area contributed by atoms with Gasteiger partial charge in [-0.05, 0) is 123 Å². The molecule has 0 N–H and O–H groups in total. The Kier molecular flexibility index (Phi) is 6.65. The highest BCUT2D eigenvalue weighted by molar-refractivity contribution is 6.07. The van der Waals surface area contributed by atoms with Gasteiger partial charge in [0, 0.05) is 33.6 Å². The summed E-state index contributed by atoms with van der Waals surface area (Å²) in [5.41, 5.74) is 21.8. The number of anilines is 3. The lowest BCUT2D eigenvalue weighted by molar-refractivity contribution is 0.650. The van der Waals surface area contributed by atoms with Crippen molar-refractivity contribution in [2.75, 3.05) is 4.90 Å². The van der Waals surface area contributed by atoms with Gasteiger partial charge in [-0.2, -0.15) is 0 Å². The van der Waals surface area contributed by atoms with Crippen LogP contribution >= 0.6 is 0 Å². The van der Waals surface area contributed by atoms with E-state index in [1.807, 2.05) is 0 Å². The van der Waals surface area contributed by atoms with E-state index in [2.05, 4.69) is 206 Å². The molecule has 1 atom stereocenters. The summed E-state index contributed by atoms with van der Waals surface area (Å²) in [6, 6.07) is 65.7. The van der Waals surface area contributed by atoms with Crippen molar-refractivity contribution in [1.82, 2.24) is 0 Å². The molecule has 9 aromatic rings. The number of benzene rings is 8. The molecule has 0 fully saturated rings. The highest BCUT2D eigenvalue weighted by Gasteiger charge is 2.53. The first-order valence-corrected chi connectivity index (χ1v) is 20.9. The zero-order chi connectivity index (χ0) is 38.9. The molecule has 0 spiro atoms. The Balaban J connectivity index is 1.11. The molecule has 2 nitrogen and oxygen atoms in total. The topological polar surface area (TPSA) is 16.4 Å². The maximum absolute atomic E-state index is 6.62. The standard InChI is InChI=1S/C57H39NO/c1-56(36-16-3-2-4-17-36)47-24-9-5-18-39(47)42-32-30-37(34-51(42)56)58(38-31-33-44-43-21-8-14-29-53(43)59-54(44)35-38)52-28-13-12-27-50(52)57-48-25-10-6-19-40(48)45-22-15-23-46(55(45)57)41-20-7-11-26-49(41)57/h2-3,5-16,18-35H,4,17H2,1H3. The molecule has 0 bridgehead atoms. The first-order chi connectivity index (χ1) is 29.2. The third kappa shape index (κ3) is 4.20. The molecule has 59 heavy (non-hydrogen) atoms. The second-order valence-corrected chi connectivity index (χ2v) is 16.8. The highest BCUT2D eigenvalue weighted by atomic mass is 16.3. The minimum Gasteiger partial charge on any atom is -0.456 e. The van der Waals surface area contributed by atoms with Gasteiger partial charge >= 0.3 is 0 Å². The van der Waals surface area contributed by atoms with Gasteiger partial charge in [-0.1, -0.05) is 157 Å². The lowest BCUT2D eigenvalue weighted by atomic mass is 9.69. The molecule has 0 amide bonds. The fraction of sp³-hybridized carbons (Fsp3) is 0.0877. The van der Waals surface area contributed by atoms with Crippen LogP contribution < -0.4 is 4.90 Å². The van der Waals surface area contributed by atoms with Crippen LogP contribution in [0.1, 0.15) is 53.1 Å². The minimum atomic E-state index is -0.516. The second kappa shape index (κ2) is 11.9. The van der Waals surface area contributed by atoms with Gasteiger partial charge in [0.1, 0.15) is 11.2 Å². The van der Waals surface area contributed by atoms with Crippen molar-refractivity contribution in [3.63, 3.8) is 0 Å². The van der Waals surface area contributed by atoms with Crippen LogP contribution in [0, 0.1) is 0 Å². The summed E-state index contributed by atoms with van der Waals surface area (Å²) in [7, 11) is 0. The van der Waals surface area contributed by atoms with Crippen LogP contribution in [-0.2, 0) is 10.8 Å². The Hall–Kier alpha value is -7.16. The fourth-order valence-corrected chi connectivity index (χ4v) is 11.6. The summed E-state index contributed by atoms with van der Waals surface area (Å²) in [6.07, 6.45) is 9.02. The third-order valence-corrected chi connectivity index (χ3v) is 14.1. The summed E-state index contributed by atoms with van der Waals surface area (Å²) >= 11 is 0. The Bertz CT molecular complexity index is 3260. The molecule has 1 heterocycles. The molecule has 278 valence electrons. The van der Waals surface area contributed by atoms with Crippen LogP contribution in [0.5, 0.6) is 0 Å². The molecule has 0 saturated carbocycles. The number of nitrogens with zero attached hydrogens (tertiary/aromatic N) is 1. The zero-order valence-electron chi connectivity index (χ0n) is 32.7. The number of rotatable bonds is 5. The molecule has 4 aliphatic carbocycles. The molecule has 0 saturated heterocycles. The van der Waals surface area contributed by atoms with Crippen molar-refractivity contribution in [1.29, 1.82) is 0 Å². The van der Waals surface area contributed by atoms with E-state index in [0.29, 0.717) is 0 Å². The number of allylic oxidation sites excluding steroid dienone is 4. The molecule has 2 heteroatoms. The van der Waals surface area contributed by atoms with Crippen LogP contribution in [0.3, 0.4) is 0 Å². The number of furan rings is 1. The van der Waals surface area contributed by atoms with Crippen molar-refractivity contribution >= 4 is 39.0 Å². The van der Waals surface area contributed by atoms with Gasteiger partial charge in [-0.25, -0.2) is 0 Å². The summed E-state index contributed by atoms with van der Waals surface area (Å²) in [5, 5.41) is 2.26. The van der Waals surface area contributed by atoms with Crippen LogP contribution in [0.25, 0.3) is 55.3 Å². The van der Waals surface area contributed by atoms with E-state index in [1.54, 1.807) is 0 Å². The molecule has 4 aliphatic rings. The molecule has 0 aliphatic heterocycles. The predicted octanol–water partition coefficient (Wildman–Crippen LogP) is 15.0. The smallest absolute Gasteiger partial charge is 0.137 e. The van der Waals surface area contributed by atoms with Crippen molar-refractivity contribution in [2.24, 2.45) is 0 Å².